The highest BCUT2D eigenvalue weighted by molar-refractivity contribution is 7.88. The maximum Gasteiger partial charge on any atom is 0.534 e. The minimum atomic E-state index is -6.12. The molecule has 0 atom stereocenters. The molecular formula is C28H26F4N2O6S. The fourth-order valence-electron chi connectivity index (χ4n) is 4.36. The largest absolute Gasteiger partial charge is 0.534 e. The molecule has 2 aromatic carbocycles. The van der Waals surface area contributed by atoms with Gasteiger partial charge in [-0.1, -0.05) is 30.3 Å². The Labute approximate surface area is 233 Å². The number of benzene rings is 2. The van der Waals surface area contributed by atoms with E-state index >= 15 is 0 Å². The van der Waals surface area contributed by atoms with Crippen molar-refractivity contribution in [2.45, 2.75) is 44.7 Å². The van der Waals surface area contributed by atoms with Gasteiger partial charge in [0.2, 0.25) is 5.88 Å². The quantitative estimate of drug-likeness (QED) is 0.102. The second-order valence-corrected chi connectivity index (χ2v) is 11.6. The lowest BCUT2D eigenvalue weighted by atomic mass is 10.0. The molecule has 2 aromatic heterocycles. The van der Waals surface area contributed by atoms with E-state index in [1.54, 1.807) is 45.0 Å². The molecule has 0 fully saturated rings. The Balaban J connectivity index is 2.13. The van der Waals surface area contributed by atoms with Crippen LogP contribution in [0.25, 0.3) is 21.8 Å². The zero-order valence-electron chi connectivity index (χ0n) is 22.5. The minimum absolute atomic E-state index is 0.0450. The van der Waals surface area contributed by atoms with E-state index in [9.17, 15) is 30.8 Å². The summed E-state index contributed by atoms with van der Waals surface area (Å²) in [5.74, 6) is -1.60. The van der Waals surface area contributed by atoms with Gasteiger partial charge < -0.3 is 13.7 Å². The smallest absolute Gasteiger partial charge is 0.494 e. The summed E-state index contributed by atoms with van der Waals surface area (Å²) in [5, 5.41) is 0.599. The van der Waals surface area contributed by atoms with E-state index in [-0.39, 0.29) is 40.8 Å². The third kappa shape index (κ3) is 5.85. The molecule has 218 valence electrons. The van der Waals surface area contributed by atoms with Crippen LogP contribution in [0.5, 0.6) is 11.6 Å². The Morgan fingerprint density at radius 3 is 2.39 bits per heavy atom. The van der Waals surface area contributed by atoms with Crippen LogP contribution in [0.3, 0.4) is 0 Å². The number of carbonyl (C=O) groups is 1. The summed E-state index contributed by atoms with van der Waals surface area (Å²) in [5.41, 5.74) is -6.02. The highest BCUT2D eigenvalue weighted by atomic mass is 32.2. The second kappa shape index (κ2) is 10.7. The van der Waals surface area contributed by atoms with Gasteiger partial charge in [-0.05, 0) is 51.0 Å². The van der Waals surface area contributed by atoms with Crippen LogP contribution in [0.1, 0.15) is 37.6 Å². The molecule has 0 saturated heterocycles. The van der Waals surface area contributed by atoms with E-state index in [0.717, 1.165) is 6.07 Å². The molecule has 0 saturated carbocycles. The van der Waals surface area contributed by atoms with Gasteiger partial charge in [-0.3, -0.25) is 0 Å². The molecule has 2 heterocycles. The van der Waals surface area contributed by atoms with E-state index in [4.69, 9.17) is 9.47 Å². The van der Waals surface area contributed by atoms with E-state index in [1.807, 2.05) is 0 Å². The number of methoxy groups -OCH3 is 1. The van der Waals surface area contributed by atoms with Crippen LogP contribution in [0.4, 0.5) is 22.4 Å². The summed E-state index contributed by atoms with van der Waals surface area (Å²) in [6.45, 7) is 8.61. The van der Waals surface area contributed by atoms with Crippen molar-refractivity contribution in [1.29, 1.82) is 0 Å². The van der Waals surface area contributed by atoms with Gasteiger partial charge in [0.1, 0.15) is 5.60 Å². The maximum absolute atomic E-state index is 14.6. The number of para-hydroxylation sites is 1. The van der Waals surface area contributed by atoms with Gasteiger partial charge in [0.15, 0.2) is 11.6 Å². The predicted octanol–water partition coefficient (Wildman–Crippen LogP) is 6.67. The first-order chi connectivity index (χ1) is 19.1. The topological polar surface area (TPSA) is 96.7 Å². The number of fused-ring (bicyclic) bond motifs is 3. The van der Waals surface area contributed by atoms with Gasteiger partial charge in [-0.2, -0.15) is 21.6 Å². The molecule has 4 rings (SSSR count). The van der Waals surface area contributed by atoms with Gasteiger partial charge in [-0.15, -0.1) is 6.58 Å². The van der Waals surface area contributed by atoms with Crippen molar-refractivity contribution in [3.63, 3.8) is 0 Å². The molecule has 0 aliphatic heterocycles. The summed E-state index contributed by atoms with van der Waals surface area (Å²) < 4.78 is 95.1. The first-order valence-corrected chi connectivity index (χ1v) is 13.6. The Hall–Kier alpha value is -4.13. The lowest BCUT2D eigenvalue weighted by Crippen LogP contribution is -2.29. The molecule has 0 N–H and O–H groups in total. The molecule has 0 bridgehead atoms. The van der Waals surface area contributed by atoms with Crippen molar-refractivity contribution in [3.8, 4) is 11.6 Å². The van der Waals surface area contributed by atoms with Crippen LogP contribution in [0, 0.1) is 5.82 Å². The average Bonchev–Trinajstić information content (AvgIpc) is 3.20. The number of allylic oxidation sites excluding steroid dienone is 1. The van der Waals surface area contributed by atoms with Gasteiger partial charge in [0, 0.05) is 22.8 Å². The third-order valence-electron chi connectivity index (χ3n) is 5.93. The summed E-state index contributed by atoms with van der Waals surface area (Å²) in [6, 6.07) is 10.5. The molecule has 0 aliphatic carbocycles. The Morgan fingerprint density at radius 2 is 1.80 bits per heavy atom. The molecule has 41 heavy (non-hydrogen) atoms. The zero-order chi connectivity index (χ0) is 30.3. The fraction of sp³-hybridized carbons (Fsp3) is 0.286. The summed E-state index contributed by atoms with van der Waals surface area (Å²) in [7, 11) is -4.84. The normalized spacial score (nSPS) is 12.5. The third-order valence-corrected chi connectivity index (χ3v) is 6.87. The van der Waals surface area contributed by atoms with Crippen molar-refractivity contribution in [2.24, 2.45) is 0 Å². The number of hydrogen-bond acceptors (Lipinski definition) is 7. The number of ether oxygens (including phenoxy) is 2. The number of aromatic nitrogens is 2. The first-order valence-electron chi connectivity index (χ1n) is 12.2. The van der Waals surface area contributed by atoms with Crippen LogP contribution >= 0.6 is 0 Å². The number of pyridine rings is 1. The number of hydrogen-bond donors (Lipinski definition) is 0. The van der Waals surface area contributed by atoms with Crippen LogP contribution in [0.2, 0.25) is 0 Å². The first kappa shape index (κ1) is 29.8. The number of halogens is 4. The van der Waals surface area contributed by atoms with Crippen molar-refractivity contribution < 1.29 is 44.4 Å². The molecule has 13 heteroatoms. The maximum atomic E-state index is 14.6. The Kier molecular flexibility index (Phi) is 7.78. The monoisotopic (exact) mass is 594 g/mol. The van der Waals surface area contributed by atoms with Crippen LogP contribution < -0.4 is 8.92 Å². The number of nitrogens with zero attached hydrogens (tertiary/aromatic N) is 2. The van der Waals surface area contributed by atoms with Gasteiger partial charge in [0.25, 0.3) is 0 Å². The number of alkyl halides is 3. The SMILES string of the molecule is C=CCc1c(OS(=O)(=O)C(F)(F)F)nc(Cc2ccc(OC)c(F)c2)c2c1c1ccccc1n2C(=O)OC(C)(C)C. The highest BCUT2D eigenvalue weighted by Crippen LogP contribution is 2.40. The van der Waals surface area contributed by atoms with Gasteiger partial charge in [-0.25, -0.2) is 18.7 Å². The molecule has 0 spiro atoms. The second-order valence-electron chi connectivity index (χ2n) is 10.0. The van der Waals surface area contributed by atoms with Crippen molar-refractivity contribution in [2.75, 3.05) is 7.11 Å². The number of carbonyl (C=O) groups excluding carboxylic acids is 1. The van der Waals surface area contributed by atoms with E-state index in [0.29, 0.717) is 16.5 Å². The van der Waals surface area contributed by atoms with E-state index < -0.39 is 39.0 Å². The van der Waals surface area contributed by atoms with Crippen molar-refractivity contribution in [1.82, 2.24) is 9.55 Å². The molecule has 8 nitrogen and oxygen atoms in total. The lowest BCUT2D eigenvalue weighted by molar-refractivity contribution is -0.0501. The standard InChI is InChI=1S/C28H26F4N2O6S/c1-6-9-18-23-17-10-7-8-11-21(17)34(26(35)39-27(2,3)4)24(23)20(15-16-12-13-22(38-5)19(29)14-16)33-25(18)40-41(36,37)28(30,31)32/h6-8,10-14H,1,9,15H2,2-5H3. The molecule has 0 aliphatic rings. The lowest BCUT2D eigenvalue weighted by Gasteiger charge is -2.21. The van der Waals surface area contributed by atoms with E-state index in [2.05, 4.69) is 15.7 Å². The van der Waals surface area contributed by atoms with Gasteiger partial charge in [0.05, 0.1) is 23.8 Å². The van der Waals surface area contributed by atoms with E-state index in [1.165, 1.54) is 29.9 Å². The summed E-state index contributed by atoms with van der Waals surface area (Å²) in [4.78, 5) is 17.7. The summed E-state index contributed by atoms with van der Waals surface area (Å²) in [6.07, 6.45) is 0.134. The van der Waals surface area contributed by atoms with Crippen LogP contribution in [0.15, 0.2) is 55.1 Å². The molecule has 0 amide bonds. The fourth-order valence-corrected chi connectivity index (χ4v) is 4.80. The van der Waals surface area contributed by atoms with Crippen LogP contribution in [-0.2, 0) is 27.7 Å². The molecule has 0 unspecified atom stereocenters. The average molecular weight is 595 g/mol. The number of rotatable bonds is 7. The van der Waals surface area contributed by atoms with Crippen molar-refractivity contribution >= 4 is 38.0 Å². The summed E-state index contributed by atoms with van der Waals surface area (Å²) >= 11 is 0. The Morgan fingerprint density at radius 1 is 1.12 bits per heavy atom. The highest BCUT2D eigenvalue weighted by Gasteiger charge is 2.49. The zero-order valence-corrected chi connectivity index (χ0v) is 23.3. The minimum Gasteiger partial charge on any atom is -0.494 e. The molecular weight excluding hydrogens is 568 g/mol. The van der Waals surface area contributed by atoms with Crippen LogP contribution in [-0.4, -0.2) is 42.3 Å². The molecule has 4 aromatic rings. The molecule has 0 radical (unpaired) electrons. The predicted molar refractivity (Wildman–Crippen MR) is 144 cm³/mol. The van der Waals surface area contributed by atoms with Crippen molar-refractivity contribution in [3.05, 3.63) is 77.8 Å². The van der Waals surface area contributed by atoms with Gasteiger partial charge >= 0.3 is 21.7 Å². The Bertz CT molecular complexity index is 1770.